The second kappa shape index (κ2) is 5.79. The van der Waals surface area contributed by atoms with Gasteiger partial charge in [0.05, 0.1) is 23.3 Å². The van der Waals surface area contributed by atoms with Crippen molar-refractivity contribution in [2.45, 2.75) is 6.92 Å². The molecule has 1 N–H and O–H groups in total. The molecule has 0 spiro atoms. The van der Waals surface area contributed by atoms with Crippen LogP contribution in [0.2, 0.25) is 0 Å². The molecule has 0 aliphatic carbocycles. The van der Waals surface area contributed by atoms with Crippen LogP contribution < -0.4 is 0 Å². The second-order valence-electron chi connectivity index (χ2n) is 4.57. The van der Waals surface area contributed by atoms with Gasteiger partial charge in [-0.2, -0.15) is 5.26 Å². The van der Waals surface area contributed by atoms with Crippen LogP contribution in [0.15, 0.2) is 34.6 Å². The molecular weight excluding hydrogens is 312 g/mol. The highest BCUT2D eigenvalue weighted by molar-refractivity contribution is 7.11. The van der Waals surface area contributed by atoms with Crippen molar-refractivity contribution in [1.82, 2.24) is 9.36 Å². The van der Waals surface area contributed by atoms with Crippen LogP contribution in [0.4, 0.5) is 16.4 Å². The van der Waals surface area contributed by atoms with Crippen LogP contribution in [-0.2, 0) is 0 Å². The number of aryl methyl sites for hydroxylation is 1. The van der Waals surface area contributed by atoms with Crippen molar-refractivity contribution >= 4 is 38.8 Å². The first kappa shape index (κ1) is 14.6. The molecule has 8 heteroatoms. The van der Waals surface area contributed by atoms with Crippen molar-refractivity contribution in [3.8, 4) is 11.8 Å². The number of hydrogen-bond acceptors (Lipinski definition) is 7. The number of benzene rings is 1. The standard InChI is InChI=1S/C15H8N6OS/c1-8-13(17-2)14-11(7-18-8)15(23-21-14)20-19-10-3-4-12(22)9(5-10)6-16/h3-5,7,22H,1H3. The Bertz CT molecular complexity index is 1020. The zero-order chi connectivity index (χ0) is 16.4. The van der Waals surface area contributed by atoms with Crippen molar-refractivity contribution in [3.63, 3.8) is 0 Å². The maximum absolute atomic E-state index is 9.47. The minimum atomic E-state index is -0.101. The lowest BCUT2D eigenvalue weighted by molar-refractivity contribution is 0.473. The van der Waals surface area contributed by atoms with Gasteiger partial charge in [0, 0.05) is 17.3 Å². The first-order valence-corrected chi connectivity index (χ1v) is 7.18. The van der Waals surface area contributed by atoms with E-state index >= 15 is 0 Å². The van der Waals surface area contributed by atoms with Crippen molar-refractivity contribution in [1.29, 1.82) is 5.26 Å². The van der Waals surface area contributed by atoms with E-state index in [1.54, 1.807) is 19.2 Å². The van der Waals surface area contributed by atoms with E-state index in [-0.39, 0.29) is 11.3 Å². The Kier molecular flexibility index (Phi) is 3.67. The van der Waals surface area contributed by atoms with E-state index in [9.17, 15) is 5.11 Å². The molecule has 0 aliphatic heterocycles. The molecule has 0 saturated carbocycles. The number of rotatable bonds is 2. The highest BCUT2D eigenvalue weighted by atomic mass is 32.1. The number of phenolic OH excluding ortho intramolecular Hbond substituents is 1. The Morgan fingerprint density at radius 1 is 1.39 bits per heavy atom. The topological polar surface area (TPSA) is 98.9 Å². The quantitative estimate of drug-likeness (QED) is 0.553. The Balaban J connectivity index is 2.03. The van der Waals surface area contributed by atoms with Gasteiger partial charge in [-0.25, -0.2) is 9.22 Å². The predicted molar refractivity (Wildman–Crippen MR) is 85.4 cm³/mol. The summed E-state index contributed by atoms with van der Waals surface area (Å²) in [6, 6.07) is 6.25. The number of azo groups is 1. The van der Waals surface area contributed by atoms with Gasteiger partial charge in [-0.05, 0) is 36.7 Å². The van der Waals surface area contributed by atoms with Gasteiger partial charge < -0.3 is 5.11 Å². The molecule has 0 atom stereocenters. The number of nitriles is 1. The lowest BCUT2D eigenvalue weighted by Crippen LogP contribution is -1.80. The minimum absolute atomic E-state index is 0.101. The molecule has 0 unspecified atom stereocenters. The summed E-state index contributed by atoms with van der Waals surface area (Å²) in [5, 5.41) is 27.7. The molecule has 2 aromatic heterocycles. The number of fused-ring (bicyclic) bond motifs is 1. The van der Waals surface area contributed by atoms with Gasteiger partial charge in [-0.1, -0.05) is 0 Å². The van der Waals surface area contributed by atoms with E-state index in [0.717, 1.165) is 11.5 Å². The van der Waals surface area contributed by atoms with Gasteiger partial charge in [0.2, 0.25) is 5.69 Å². The van der Waals surface area contributed by atoms with Crippen LogP contribution in [0.1, 0.15) is 11.3 Å². The molecule has 3 aromatic rings. The Hall–Kier alpha value is -3.36. The number of aromatic nitrogens is 2. The maximum Gasteiger partial charge on any atom is 0.234 e. The molecule has 7 nitrogen and oxygen atoms in total. The SMILES string of the molecule is [C-]#[N+]c1c(C)ncc2c(N=Nc3ccc(O)c(C#N)c3)snc12. The summed E-state index contributed by atoms with van der Waals surface area (Å²) >= 11 is 1.13. The van der Waals surface area contributed by atoms with Crippen molar-refractivity contribution in [2.24, 2.45) is 10.2 Å². The van der Waals surface area contributed by atoms with Crippen LogP contribution in [0.25, 0.3) is 15.7 Å². The fourth-order valence-electron chi connectivity index (χ4n) is 1.95. The number of phenols is 1. The van der Waals surface area contributed by atoms with Crippen molar-refractivity contribution < 1.29 is 5.11 Å². The maximum atomic E-state index is 9.47. The van der Waals surface area contributed by atoms with Gasteiger partial charge in [-0.15, -0.1) is 10.2 Å². The molecule has 0 aliphatic rings. The average molecular weight is 320 g/mol. The normalized spacial score (nSPS) is 10.7. The van der Waals surface area contributed by atoms with E-state index in [0.29, 0.717) is 33.0 Å². The fraction of sp³-hybridized carbons (Fsp3) is 0.0667. The number of aromatic hydroxyl groups is 1. The van der Waals surface area contributed by atoms with Crippen LogP contribution in [-0.4, -0.2) is 14.5 Å². The molecule has 0 bridgehead atoms. The van der Waals surface area contributed by atoms with Gasteiger partial charge in [0.25, 0.3) is 0 Å². The number of nitrogens with zero attached hydrogens (tertiary/aromatic N) is 6. The van der Waals surface area contributed by atoms with E-state index in [4.69, 9.17) is 11.8 Å². The summed E-state index contributed by atoms with van der Waals surface area (Å²) in [4.78, 5) is 7.64. The van der Waals surface area contributed by atoms with Crippen LogP contribution in [0.3, 0.4) is 0 Å². The fourth-order valence-corrected chi connectivity index (χ4v) is 2.64. The molecule has 3 rings (SSSR count). The van der Waals surface area contributed by atoms with Crippen LogP contribution in [0.5, 0.6) is 5.75 Å². The minimum Gasteiger partial charge on any atom is -0.507 e. The largest absolute Gasteiger partial charge is 0.507 e. The predicted octanol–water partition coefficient (Wildman–Crippen LogP) is 4.54. The highest BCUT2D eigenvalue weighted by Gasteiger charge is 2.13. The third-order valence-corrected chi connectivity index (χ3v) is 3.88. The summed E-state index contributed by atoms with van der Waals surface area (Å²) in [7, 11) is 0. The molecule has 2 heterocycles. The molecule has 0 saturated heterocycles. The number of hydrogen-bond donors (Lipinski definition) is 1. The summed E-state index contributed by atoms with van der Waals surface area (Å²) in [5.74, 6) is -0.101. The van der Waals surface area contributed by atoms with Gasteiger partial charge in [-0.3, -0.25) is 4.98 Å². The Morgan fingerprint density at radius 2 is 2.22 bits per heavy atom. The molecule has 1 aromatic carbocycles. The van der Waals surface area contributed by atoms with E-state index < -0.39 is 0 Å². The third kappa shape index (κ3) is 2.59. The highest BCUT2D eigenvalue weighted by Crippen LogP contribution is 2.37. The summed E-state index contributed by atoms with van der Waals surface area (Å²) < 4.78 is 4.25. The Morgan fingerprint density at radius 3 is 2.96 bits per heavy atom. The molecule has 0 amide bonds. The first-order valence-electron chi connectivity index (χ1n) is 6.41. The van der Waals surface area contributed by atoms with Crippen LogP contribution >= 0.6 is 11.5 Å². The first-order chi connectivity index (χ1) is 11.1. The van der Waals surface area contributed by atoms with Gasteiger partial charge >= 0.3 is 0 Å². The molecule has 0 radical (unpaired) electrons. The summed E-state index contributed by atoms with van der Waals surface area (Å²) in [6.45, 7) is 8.98. The second-order valence-corrected chi connectivity index (χ2v) is 5.32. The zero-order valence-electron chi connectivity index (χ0n) is 11.8. The molecule has 110 valence electrons. The lowest BCUT2D eigenvalue weighted by atomic mass is 10.2. The van der Waals surface area contributed by atoms with Crippen LogP contribution in [0, 0.1) is 24.8 Å². The smallest absolute Gasteiger partial charge is 0.234 e. The van der Waals surface area contributed by atoms with Gasteiger partial charge in [0.15, 0.2) is 5.00 Å². The average Bonchev–Trinajstić information content (AvgIpc) is 2.97. The van der Waals surface area contributed by atoms with Crippen molar-refractivity contribution in [2.75, 3.05) is 0 Å². The number of pyridine rings is 1. The van der Waals surface area contributed by atoms with E-state index in [2.05, 4.69) is 24.4 Å². The summed E-state index contributed by atoms with van der Waals surface area (Å²) in [6.07, 6.45) is 1.62. The lowest BCUT2D eigenvalue weighted by Gasteiger charge is -1.97. The monoisotopic (exact) mass is 320 g/mol. The zero-order valence-corrected chi connectivity index (χ0v) is 12.7. The van der Waals surface area contributed by atoms with E-state index in [1.807, 2.05) is 6.07 Å². The molecule has 0 fully saturated rings. The summed E-state index contributed by atoms with van der Waals surface area (Å²) in [5.41, 5.74) is 2.17. The molecule has 23 heavy (non-hydrogen) atoms. The molecular formula is C15H8N6OS. The third-order valence-electron chi connectivity index (χ3n) is 3.13. The van der Waals surface area contributed by atoms with Gasteiger partial charge in [0.1, 0.15) is 11.8 Å². The Labute approximate surface area is 135 Å². The van der Waals surface area contributed by atoms with Crippen molar-refractivity contribution in [3.05, 3.63) is 47.1 Å². The van der Waals surface area contributed by atoms with E-state index in [1.165, 1.54) is 12.1 Å².